The van der Waals surface area contributed by atoms with E-state index >= 15 is 0 Å². The summed E-state index contributed by atoms with van der Waals surface area (Å²) in [5.41, 5.74) is 1.94. The van der Waals surface area contributed by atoms with Crippen LogP contribution in [0.3, 0.4) is 0 Å². The Morgan fingerprint density at radius 2 is 2.39 bits per heavy atom. The first kappa shape index (κ1) is 11.3. The van der Waals surface area contributed by atoms with Crippen molar-refractivity contribution in [3.8, 4) is 0 Å². The number of hydrogen-bond donors (Lipinski definition) is 1. The number of halogens is 1. The van der Waals surface area contributed by atoms with E-state index in [1.807, 2.05) is 6.07 Å². The Morgan fingerprint density at radius 1 is 1.44 bits per heavy atom. The molecule has 0 saturated carbocycles. The Balaban J connectivity index is 1.61. The van der Waals surface area contributed by atoms with E-state index in [-0.39, 0.29) is 11.9 Å². The predicted molar refractivity (Wildman–Crippen MR) is 63.5 cm³/mol. The van der Waals surface area contributed by atoms with Crippen LogP contribution in [0.5, 0.6) is 0 Å². The van der Waals surface area contributed by atoms with Crippen LogP contribution in [0.15, 0.2) is 29.1 Å². The first-order chi connectivity index (χ1) is 8.84. The standard InChI is InChI=1S/C13H14FN3O/c14-11-3-1-2-10-9(11)4-5-12(10)15-7-6-13-16-8-18-17-13/h1-3,8,12,15H,4-7H2. The van der Waals surface area contributed by atoms with Crippen molar-refractivity contribution >= 4 is 0 Å². The van der Waals surface area contributed by atoms with Gasteiger partial charge in [-0.25, -0.2) is 4.39 Å². The Morgan fingerprint density at radius 3 is 3.22 bits per heavy atom. The van der Waals surface area contributed by atoms with E-state index in [1.165, 1.54) is 12.5 Å². The van der Waals surface area contributed by atoms with Gasteiger partial charge in [-0.05, 0) is 30.0 Å². The summed E-state index contributed by atoms with van der Waals surface area (Å²) in [6.07, 6.45) is 3.80. The van der Waals surface area contributed by atoms with E-state index in [0.717, 1.165) is 36.9 Å². The van der Waals surface area contributed by atoms with Crippen molar-refractivity contribution in [1.29, 1.82) is 0 Å². The molecule has 94 valence electrons. The summed E-state index contributed by atoms with van der Waals surface area (Å²) < 4.78 is 18.2. The number of nitrogens with zero attached hydrogens (tertiary/aromatic N) is 2. The number of rotatable bonds is 4. The van der Waals surface area contributed by atoms with Crippen LogP contribution in [0.4, 0.5) is 4.39 Å². The zero-order chi connectivity index (χ0) is 12.4. The smallest absolute Gasteiger partial charge is 0.213 e. The Hall–Kier alpha value is -1.75. The zero-order valence-electron chi connectivity index (χ0n) is 9.90. The fraction of sp³-hybridized carbons (Fsp3) is 0.385. The van der Waals surface area contributed by atoms with Crippen LogP contribution in [0, 0.1) is 5.82 Å². The highest BCUT2D eigenvalue weighted by molar-refractivity contribution is 5.35. The summed E-state index contributed by atoms with van der Waals surface area (Å²) in [6, 6.07) is 5.54. The van der Waals surface area contributed by atoms with Crippen LogP contribution in [-0.2, 0) is 12.8 Å². The normalized spacial score (nSPS) is 17.9. The molecule has 0 fully saturated rings. The molecule has 1 N–H and O–H groups in total. The molecule has 4 nitrogen and oxygen atoms in total. The highest BCUT2D eigenvalue weighted by Crippen LogP contribution is 2.32. The molecule has 0 saturated heterocycles. The third-order valence-electron chi connectivity index (χ3n) is 3.36. The maximum atomic E-state index is 13.5. The summed E-state index contributed by atoms with van der Waals surface area (Å²) in [5.74, 6) is 0.606. The van der Waals surface area contributed by atoms with Crippen LogP contribution in [0.25, 0.3) is 0 Å². The van der Waals surface area contributed by atoms with Gasteiger partial charge >= 0.3 is 0 Å². The highest BCUT2D eigenvalue weighted by Gasteiger charge is 2.24. The van der Waals surface area contributed by atoms with Crippen LogP contribution < -0.4 is 5.32 Å². The summed E-state index contributed by atoms with van der Waals surface area (Å²) in [5, 5.41) is 7.17. The molecule has 1 aliphatic rings. The summed E-state index contributed by atoms with van der Waals surface area (Å²) in [6.45, 7) is 0.764. The van der Waals surface area contributed by atoms with E-state index in [9.17, 15) is 4.39 Å². The number of benzene rings is 1. The van der Waals surface area contributed by atoms with Gasteiger partial charge in [-0.15, -0.1) is 0 Å². The molecule has 5 heteroatoms. The van der Waals surface area contributed by atoms with Gasteiger partial charge in [0.05, 0.1) is 0 Å². The minimum absolute atomic E-state index is 0.0880. The summed E-state index contributed by atoms with van der Waals surface area (Å²) in [7, 11) is 0. The molecule has 0 aliphatic heterocycles. The second-order valence-corrected chi connectivity index (χ2v) is 4.45. The molecule has 1 unspecified atom stereocenters. The number of fused-ring (bicyclic) bond motifs is 1. The molecular weight excluding hydrogens is 233 g/mol. The van der Waals surface area contributed by atoms with Crippen molar-refractivity contribution in [2.24, 2.45) is 0 Å². The second-order valence-electron chi connectivity index (χ2n) is 4.45. The maximum absolute atomic E-state index is 13.5. The second kappa shape index (κ2) is 4.86. The molecule has 0 radical (unpaired) electrons. The van der Waals surface area contributed by atoms with Gasteiger partial charge < -0.3 is 9.84 Å². The maximum Gasteiger partial charge on any atom is 0.213 e. The first-order valence-corrected chi connectivity index (χ1v) is 6.10. The Bertz CT molecular complexity index is 527. The van der Waals surface area contributed by atoms with E-state index in [4.69, 9.17) is 0 Å². The van der Waals surface area contributed by atoms with Crippen molar-refractivity contribution in [2.45, 2.75) is 25.3 Å². The summed E-state index contributed by atoms with van der Waals surface area (Å²) in [4.78, 5) is 3.96. The van der Waals surface area contributed by atoms with E-state index in [1.54, 1.807) is 6.07 Å². The van der Waals surface area contributed by atoms with Crippen molar-refractivity contribution in [3.63, 3.8) is 0 Å². The largest absolute Gasteiger partial charge is 0.343 e. The topological polar surface area (TPSA) is 51.0 Å². The third kappa shape index (κ3) is 2.13. The van der Waals surface area contributed by atoms with E-state index < -0.39 is 0 Å². The van der Waals surface area contributed by atoms with Gasteiger partial charge in [0.25, 0.3) is 0 Å². The van der Waals surface area contributed by atoms with Crippen molar-refractivity contribution in [1.82, 2.24) is 15.5 Å². The van der Waals surface area contributed by atoms with Gasteiger partial charge in [-0.2, -0.15) is 4.98 Å². The van der Waals surface area contributed by atoms with Crippen LogP contribution >= 0.6 is 0 Å². The molecule has 3 rings (SSSR count). The van der Waals surface area contributed by atoms with Crippen LogP contribution in [0.1, 0.15) is 29.4 Å². The SMILES string of the molecule is Fc1cccc2c1CCC2NCCc1ncon1. The number of hydrogen-bond acceptors (Lipinski definition) is 4. The average Bonchev–Trinajstić information content (AvgIpc) is 3.00. The van der Waals surface area contributed by atoms with Gasteiger partial charge in [0.1, 0.15) is 5.82 Å². The lowest BCUT2D eigenvalue weighted by Crippen LogP contribution is -2.22. The lowest BCUT2D eigenvalue weighted by molar-refractivity contribution is 0.408. The fourth-order valence-electron chi connectivity index (χ4n) is 2.48. The van der Waals surface area contributed by atoms with Crippen molar-refractivity contribution < 1.29 is 8.91 Å². The molecule has 0 amide bonds. The molecule has 1 heterocycles. The van der Waals surface area contributed by atoms with Crippen molar-refractivity contribution in [3.05, 3.63) is 47.4 Å². The molecule has 0 spiro atoms. The zero-order valence-corrected chi connectivity index (χ0v) is 9.90. The number of nitrogens with one attached hydrogen (secondary N) is 1. The van der Waals surface area contributed by atoms with Gasteiger partial charge in [0.15, 0.2) is 5.82 Å². The van der Waals surface area contributed by atoms with Gasteiger partial charge in [-0.1, -0.05) is 17.3 Å². The number of aromatic nitrogens is 2. The van der Waals surface area contributed by atoms with E-state index in [2.05, 4.69) is 20.0 Å². The van der Waals surface area contributed by atoms with Gasteiger partial charge in [0, 0.05) is 19.0 Å². The Labute approximate surface area is 104 Å². The minimum atomic E-state index is -0.0880. The molecule has 1 atom stereocenters. The minimum Gasteiger partial charge on any atom is -0.343 e. The molecule has 0 bridgehead atoms. The molecule has 18 heavy (non-hydrogen) atoms. The third-order valence-corrected chi connectivity index (χ3v) is 3.36. The quantitative estimate of drug-likeness (QED) is 0.898. The predicted octanol–water partition coefficient (Wildman–Crippen LogP) is 2.03. The first-order valence-electron chi connectivity index (χ1n) is 6.10. The monoisotopic (exact) mass is 247 g/mol. The van der Waals surface area contributed by atoms with Crippen LogP contribution in [0.2, 0.25) is 0 Å². The average molecular weight is 247 g/mol. The molecule has 1 aliphatic carbocycles. The van der Waals surface area contributed by atoms with Gasteiger partial charge in [0.2, 0.25) is 6.39 Å². The highest BCUT2D eigenvalue weighted by atomic mass is 19.1. The lowest BCUT2D eigenvalue weighted by Gasteiger charge is -2.13. The van der Waals surface area contributed by atoms with Crippen LogP contribution in [-0.4, -0.2) is 16.7 Å². The van der Waals surface area contributed by atoms with Gasteiger partial charge in [-0.3, -0.25) is 0 Å². The summed E-state index contributed by atoms with van der Waals surface area (Å²) >= 11 is 0. The molecule has 2 aromatic rings. The van der Waals surface area contributed by atoms with Crippen molar-refractivity contribution in [2.75, 3.05) is 6.54 Å². The van der Waals surface area contributed by atoms with E-state index in [0.29, 0.717) is 5.82 Å². The Kier molecular flexibility index (Phi) is 3.06. The fourth-order valence-corrected chi connectivity index (χ4v) is 2.48. The molecular formula is C13H14FN3O. The molecule has 1 aromatic heterocycles. The lowest BCUT2D eigenvalue weighted by atomic mass is 10.1. The molecule has 1 aromatic carbocycles.